The number of hydrogen-bond acceptors (Lipinski definition) is 5. The second-order valence-corrected chi connectivity index (χ2v) is 4.93. The standard InChI is InChI=1S/C18H19NO5/c1-12(18(20)21)24-17-13(5-4-6-16(17)23-3)11-19-14-7-9-15(22-2)10-8-14/h4-12H,1-3H3,(H,20,21)/t12-/m1/s1. The van der Waals surface area contributed by atoms with E-state index in [1.807, 2.05) is 24.3 Å². The Morgan fingerprint density at radius 3 is 2.42 bits per heavy atom. The van der Waals surface area contributed by atoms with E-state index < -0.39 is 12.1 Å². The zero-order valence-corrected chi connectivity index (χ0v) is 13.7. The van der Waals surface area contributed by atoms with Crippen LogP contribution in [0.15, 0.2) is 47.5 Å². The molecule has 0 heterocycles. The summed E-state index contributed by atoms with van der Waals surface area (Å²) in [6.45, 7) is 1.46. The summed E-state index contributed by atoms with van der Waals surface area (Å²) in [5.74, 6) is 0.475. The summed E-state index contributed by atoms with van der Waals surface area (Å²) in [6.07, 6.45) is 0.600. The van der Waals surface area contributed by atoms with Gasteiger partial charge in [-0.15, -0.1) is 0 Å². The van der Waals surface area contributed by atoms with E-state index >= 15 is 0 Å². The fourth-order valence-electron chi connectivity index (χ4n) is 1.96. The predicted molar refractivity (Wildman–Crippen MR) is 91.0 cm³/mol. The summed E-state index contributed by atoms with van der Waals surface area (Å²) in [4.78, 5) is 15.4. The van der Waals surface area contributed by atoms with E-state index in [2.05, 4.69) is 4.99 Å². The Labute approximate surface area is 140 Å². The smallest absolute Gasteiger partial charge is 0.344 e. The topological polar surface area (TPSA) is 77.3 Å². The maximum atomic E-state index is 11.0. The monoisotopic (exact) mass is 329 g/mol. The Balaban J connectivity index is 2.30. The van der Waals surface area contributed by atoms with Crippen molar-refractivity contribution < 1.29 is 24.1 Å². The number of aliphatic imine (C=N–C) groups is 1. The molecule has 0 amide bonds. The van der Waals surface area contributed by atoms with Crippen molar-refractivity contribution in [2.24, 2.45) is 4.99 Å². The number of carbonyl (C=O) groups is 1. The van der Waals surface area contributed by atoms with Crippen molar-refractivity contribution in [2.75, 3.05) is 14.2 Å². The van der Waals surface area contributed by atoms with Crippen LogP contribution in [0.2, 0.25) is 0 Å². The average molecular weight is 329 g/mol. The number of hydrogen-bond donors (Lipinski definition) is 1. The van der Waals surface area contributed by atoms with Gasteiger partial charge in [0.2, 0.25) is 0 Å². The van der Waals surface area contributed by atoms with E-state index in [-0.39, 0.29) is 0 Å². The van der Waals surface area contributed by atoms with Crippen LogP contribution in [0.25, 0.3) is 0 Å². The molecule has 0 spiro atoms. The largest absolute Gasteiger partial charge is 0.497 e. The number of aliphatic carboxylic acids is 1. The van der Waals surface area contributed by atoms with Gasteiger partial charge in [0.05, 0.1) is 19.9 Å². The third-order valence-electron chi connectivity index (χ3n) is 3.30. The lowest BCUT2D eigenvalue weighted by atomic mass is 10.2. The molecule has 0 aliphatic carbocycles. The summed E-state index contributed by atoms with van der Waals surface area (Å²) in [5, 5.41) is 9.04. The van der Waals surface area contributed by atoms with Crippen molar-refractivity contribution in [1.82, 2.24) is 0 Å². The van der Waals surface area contributed by atoms with Crippen LogP contribution in [-0.4, -0.2) is 37.6 Å². The quantitative estimate of drug-likeness (QED) is 0.789. The molecule has 0 saturated heterocycles. The molecule has 0 aliphatic heterocycles. The normalized spacial score (nSPS) is 12.0. The van der Waals surface area contributed by atoms with Gasteiger partial charge < -0.3 is 19.3 Å². The van der Waals surface area contributed by atoms with Crippen LogP contribution in [-0.2, 0) is 4.79 Å². The van der Waals surface area contributed by atoms with E-state index in [9.17, 15) is 4.79 Å². The lowest BCUT2D eigenvalue weighted by Gasteiger charge is -2.15. The molecule has 6 nitrogen and oxygen atoms in total. The van der Waals surface area contributed by atoms with E-state index in [0.29, 0.717) is 17.1 Å². The summed E-state index contributed by atoms with van der Waals surface area (Å²) in [6, 6.07) is 12.5. The molecule has 126 valence electrons. The molecule has 0 aliphatic rings. The maximum Gasteiger partial charge on any atom is 0.344 e. The number of carboxylic acid groups (broad SMARTS) is 1. The summed E-state index contributed by atoms with van der Waals surface area (Å²) in [5.41, 5.74) is 1.36. The highest BCUT2D eigenvalue weighted by molar-refractivity contribution is 5.87. The van der Waals surface area contributed by atoms with Gasteiger partial charge in [-0.25, -0.2) is 4.79 Å². The molecule has 1 N–H and O–H groups in total. The van der Waals surface area contributed by atoms with Gasteiger partial charge in [-0.05, 0) is 43.3 Å². The van der Waals surface area contributed by atoms with E-state index in [0.717, 1.165) is 11.4 Å². The maximum absolute atomic E-state index is 11.0. The zero-order valence-electron chi connectivity index (χ0n) is 13.7. The van der Waals surface area contributed by atoms with Gasteiger partial charge in [0.1, 0.15) is 5.75 Å². The van der Waals surface area contributed by atoms with Crippen LogP contribution >= 0.6 is 0 Å². The third kappa shape index (κ3) is 4.25. The first-order valence-corrected chi connectivity index (χ1v) is 7.29. The Morgan fingerprint density at radius 1 is 1.12 bits per heavy atom. The number of para-hydroxylation sites is 1. The first-order chi connectivity index (χ1) is 11.5. The van der Waals surface area contributed by atoms with Crippen LogP contribution in [0.3, 0.4) is 0 Å². The fourth-order valence-corrected chi connectivity index (χ4v) is 1.96. The molecule has 0 unspecified atom stereocenters. The van der Waals surface area contributed by atoms with Crippen molar-refractivity contribution in [3.63, 3.8) is 0 Å². The first-order valence-electron chi connectivity index (χ1n) is 7.29. The average Bonchev–Trinajstić information content (AvgIpc) is 2.60. The zero-order chi connectivity index (χ0) is 17.5. The van der Waals surface area contributed by atoms with Gasteiger partial charge in [-0.2, -0.15) is 0 Å². The minimum atomic E-state index is -1.06. The third-order valence-corrected chi connectivity index (χ3v) is 3.30. The molecule has 0 aromatic heterocycles. The summed E-state index contributed by atoms with van der Waals surface area (Å²) in [7, 11) is 3.10. The molecule has 6 heteroatoms. The van der Waals surface area contributed by atoms with Gasteiger partial charge in [-0.1, -0.05) is 6.07 Å². The number of rotatable bonds is 7. The number of ether oxygens (including phenoxy) is 3. The first kappa shape index (κ1) is 17.3. The lowest BCUT2D eigenvalue weighted by molar-refractivity contribution is -0.144. The van der Waals surface area contributed by atoms with E-state index in [4.69, 9.17) is 19.3 Å². The molecule has 1 atom stereocenters. The van der Waals surface area contributed by atoms with Crippen molar-refractivity contribution in [1.29, 1.82) is 0 Å². The van der Waals surface area contributed by atoms with Gasteiger partial charge in [0.25, 0.3) is 0 Å². The lowest BCUT2D eigenvalue weighted by Crippen LogP contribution is -2.23. The minimum Gasteiger partial charge on any atom is -0.497 e. The molecular formula is C18H19NO5. The molecule has 0 radical (unpaired) electrons. The van der Waals surface area contributed by atoms with Crippen LogP contribution in [0.4, 0.5) is 5.69 Å². The summed E-state index contributed by atoms with van der Waals surface area (Å²) >= 11 is 0. The highest BCUT2D eigenvalue weighted by Crippen LogP contribution is 2.31. The number of nitrogens with zero attached hydrogens (tertiary/aromatic N) is 1. The number of methoxy groups -OCH3 is 2. The van der Waals surface area contributed by atoms with E-state index in [1.165, 1.54) is 14.0 Å². The minimum absolute atomic E-state index is 0.340. The van der Waals surface area contributed by atoms with Crippen molar-refractivity contribution >= 4 is 17.9 Å². The fraction of sp³-hybridized carbons (Fsp3) is 0.222. The predicted octanol–water partition coefficient (Wildman–Crippen LogP) is 3.31. The Morgan fingerprint density at radius 2 is 1.83 bits per heavy atom. The second-order valence-electron chi connectivity index (χ2n) is 4.93. The molecule has 0 saturated carbocycles. The molecule has 0 bridgehead atoms. The number of benzene rings is 2. The molecule has 2 rings (SSSR count). The Kier molecular flexibility index (Phi) is 5.78. The van der Waals surface area contributed by atoms with Crippen LogP contribution in [0.1, 0.15) is 12.5 Å². The SMILES string of the molecule is COc1ccc(N=Cc2cccc(OC)c2O[C@H](C)C(=O)O)cc1. The van der Waals surface area contributed by atoms with E-state index in [1.54, 1.807) is 31.5 Å². The van der Waals surface area contributed by atoms with Crippen molar-refractivity contribution in [3.8, 4) is 17.2 Å². The molecule has 2 aromatic carbocycles. The van der Waals surface area contributed by atoms with Crippen molar-refractivity contribution in [3.05, 3.63) is 48.0 Å². The second kappa shape index (κ2) is 8.01. The van der Waals surface area contributed by atoms with Gasteiger partial charge >= 0.3 is 5.97 Å². The highest BCUT2D eigenvalue weighted by Gasteiger charge is 2.17. The van der Waals surface area contributed by atoms with Gasteiger partial charge in [0, 0.05) is 11.8 Å². The van der Waals surface area contributed by atoms with Gasteiger partial charge in [0.15, 0.2) is 17.6 Å². The Bertz CT molecular complexity index is 725. The summed E-state index contributed by atoms with van der Waals surface area (Å²) < 4.78 is 15.9. The van der Waals surface area contributed by atoms with Crippen LogP contribution in [0, 0.1) is 0 Å². The van der Waals surface area contributed by atoms with Crippen LogP contribution in [0.5, 0.6) is 17.2 Å². The van der Waals surface area contributed by atoms with Crippen molar-refractivity contribution in [2.45, 2.75) is 13.0 Å². The molecule has 0 fully saturated rings. The van der Waals surface area contributed by atoms with Gasteiger partial charge in [-0.3, -0.25) is 4.99 Å². The Hall–Kier alpha value is -3.02. The molecular weight excluding hydrogens is 310 g/mol. The molecule has 24 heavy (non-hydrogen) atoms. The molecule has 2 aromatic rings. The highest BCUT2D eigenvalue weighted by atomic mass is 16.5. The number of carboxylic acids is 1. The van der Waals surface area contributed by atoms with Crippen LogP contribution < -0.4 is 14.2 Å².